The van der Waals surface area contributed by atoms with Gasteiger partial charge in [-0.05, 0) is 42.3 Å². The fourth-order valence-corrected chi connectivity index (χ4v) is 6.08. The highest BCUT2D eigenvalue weighted by Crippen LogP contribution is 2.30. The quantitative estimate of drug-likeness (QED) is 0.100. The minimum atomic E-state index is -1.60. The summed E-state index contributed by atoms with van der Waals surface area (Å²) in [5, 5.41) is 41.7. The first-order valence-corrected chi connectivity index (χ1v) is 16.0. The molecule has 2 unspecified atom stereocenters. The van der Waals surface area contributed by atoms with Crippen molar-refractivity contribution in [2.75, 3.05) is 6.61 Å². The largest absolute Gasteiger partial charge is 0.508 e. The van der Waals surface area contributed by atoms with Gasteiger partial charge in [-0.1, -0.05) is 31.9 Å². The summed E-state index contributed by atoms with van der Waals surface area (Å²) in [6.07, 6.45) is 2.41. The number of aliphatic hydroxyl groups excluding tert-OH is 2. The highest BCUT2D eigenvalue weighted by atomic mass is 16.8. The van der Waals surface area contributed by atoms with E-state index in [0.29, 0.717) is 16.2 Å². The molecule has 3 aromatic rings. The predicted octanol–water partition coefficient (Wildman–Crippen LogP) is 2.01. The smallest absolute Gasteiger partial charge is 0.317 e. The Hall–Kier alpha value is -4.86. The van der Waals surface area contributed by atoms with E-state index in [4.69, 9.17) is 28.6 Å². The molecule has 2 aromatic carbocycles. The van der Waals surface area contributed by atoms with Crippen molar-refractivity contribution in [1.29, 1.82) is 0 Å². The van der Waals surface area contributed by atoms with E-state index in [9.17, 15) is 29.7 Å². The molecule has 0 radical (unpaired) electrons. The summed E-state index contributed by atoms with van der Waals surface area (Å²) in [6, 6.07) is 10.5. The van der Waals surface area contributed by atoms with Gasteiger partial charge in [-0.25, -0.2) is 0 Å². The van der Waals surface area contributed by atoms with Crippen LogP contribution < -0.4 is 15.2 Å². The number of unbranched alkanes of at least 4 members (excludes halogenated alkanes) is 2. The first-order chi connectivity index (χ1) is 23.6. The van der Waals surface area contributed by atoms with Crippen molar-refractivity contribution in [3.63, 3.8) is 0 Å². The topological polar surface area (TPSA) is 199 Å². The van der Waals surface area contributed by atoms with Crippen LogP contribution in [0.25, 0.3) is 22.1 Å². The van der Waals surface area contributed by atoms with E-state index in [2.05, 4.69) is 11.9 Å². The van der Waals surface area contributed by atoms with Gasteiger partial charge < -0.3 is 39.1 Å². The van der Waals surface area contributed by atoms with E-state index in [0.717, 1.165) is 37.0 Å². The van der Waals surface area contributed by atoms with Crippen LogP contribution in [0.5, 0.6) is 11.5 Å². The second-order valence-electron chi connectivity index (χ2n) is 12.0. The zero-order valence-electron chi connectivity index (χ0n) is 26.6. The number of rotatable bonds is 13. The van der Waals surface area contributed by atoms with Crippen LogP contribution in [-0.4, -0.2) is 81.4 Å². The van der Waals surface area contributed by atoms with Crippen molar-refractivity contribution in [2.24, 2.45) is 4.99 Å². The molecular formula is C35H37N2O12+. The van der Waals surface area contributed by atoms with Gasteiger partial charge in [-0.3, -0.25) is 19.4 Å². The Kier molecular flexibility index (Phi) is 10.2. The van der Waals surface area contributed by atoms with Crippen LogP contribution in [0.15, 0.2) is 87.0 Å². The molecule has 1 aromatic heterocycles. The summed E-state index contributed by atoms with van der Waals surface area (Å²) in [5.41, 5.74) is 2.49. The zero-order chi connectivity index (χ0) is 34.7. The minimum absolute atomic E-state index is 0.0599. The number of hydroxylamine groups is 2. The average molecular weight is 678 g/mol. The summed E-state index contributed by atoms with van der Waals surface area (Å²) < 4.78 is 23.0. The number of hydrogen-bond donors (Lipinski definition) is 5. The van der Waals surface area contributed by atoms with E-state index in [1.807, 2.05) is 12.3 Å². The van der Waals surface area contributed by atoms with Crippen molar-refractivity contribution in [3.05, 3.63) is 83.0 Å². The Labute approximate surface area is 280 Å². The van der Waals surface area contributed by atoms with Crippen molar-refractivity contribution >= 4 is 28.6 Å². The number of carboxylic acids is 1. The molecule has 3 aliphatic rings. The average Bonchev–Trinajstić information content (AvgIpc) is 3.66. The van der Waals surface area contributed by atoms with E-state index in [1.54, 1.807) is 18.3 Å². The number of hydrogen-bond acceptors (Lipinski definition) is 12. The number of aromatic hydroxyl groups is 1. The predicted molar refractivity (Wildman–Crippen MR) is 173 cm³/mol. The lowest BCUT2D eigenvalue weighted by Gasteiger charge is -2.41. The number of allylic oxidation sites excluding steroid dienone is 1. The van der Waals surface area contributed by atoms with Crippen molar-refractivity contribution in [3.8, 4) is 22.6 Å². The number of aliphatic imine (C=N–C) groups is 1. The van der Waals surface area contributed by atoms with Crippen LogP contribution in [0.4, 0.5) is 0 Å². The van der Waals surface area contributed by atoms with Crippen LogP contribution in [0.1, 0.15) is 39.0 Å². The first-order valence-electron chi connectivity index (χ1n) is 16.0. The molecule has 6 rings (SSSR count). The third-order valence-corrected chi connectivity index (χ3v) is 8.63. The number of esters is 1. The number of aliphatic carboxylic acids is 1. The van der Waals surface area contributed by atoms with Gasteiger partial charge in [0.25, 0.3) is 0 Å². The fourth-order valence-electron chi connectivity index (χ4n) is 6.08. The maximum Gasteiger partial charge on any atom is 0.317 e. The van der Waals surface area contributed by atoms with Gasteiger partial charge in [-0.2, -0.15) is 9.90 Å². The van der Waals surface area contributed by atoms with Crippen molar-refractivity contribution < 1.29 is 58.5 Å². The molecule has 14 heteroatoms. The molecule has 1 saturated heterocycles. The van der Waals surface area contributed by atoms with E-state index in [1.165, 1.54) is 36.6 Å². The number of phenolic OH excluding ortho intramolecular Hbond substituents is 1. The number of aliphatic hydroxyl groups is 2. The Balaban J connectivity index is 1.27. The number of nitrogens with one attached hydrogen (secondary N) is 1. The molecule has 1 fully saturated rings. The maximum absolute atomic E-state index is 13.3. The van der Waals surface area contributed by atoms with Gasteiger partial charge >= 0.3 is 11.9 Å². The molecule has 0 saturated carbocycles. The molecule has 0 aliphatic carbocycles. The second kappa shape index (κ2) is 14.7. The maximum atomic E-state index is 13.3. The van der Waals surface area contributed by atoms with E-state index in [-0.39, 0.29) is 33.9 Å². The van der Waals surface area contributed by atoms with Gasteiger partial charge in [0, 0.05) is 18.7 Å². The number of quaternary nitrogens is 1. The van der Waals surface area contributed by atoms with Gasteiger partial charge in [0.05, 0.1) is 16.5 Å². The highest BCUT2D eigenvalue weighted by molar-refractivity contribution is 6.08. The van der Waals surface area contributed by atoms with Crippen LogP contribution >= 0.6 is 0 Å². The fraction of sp³-hybridized carbons (Fsp3) is 0.371. The normalized spacial score (nSPS) is 25.9. The number of carbonyl (C=O) groups excluding carboxylic acids is 1. The number of carboxylic acid groups (broad SMARTS) is 1. The molecule has 0 bridgehead atoms. The molecule has 7 atom stereocenters. The van der Waals surface area contributed by atoms with Gasteiger partial charge in [0.2, 0.25) is 12.4 Å². The third kappa shape index (κ3) is 7.43. The molecule has 258 valence electrons. The molecule has 49 heavy (non-hydrogen) atoms. The Bertz CT molecular complexity index is 1850. The molecule has 5 N–H and O–H groups in total. The van der Waals surface area contributed by atoms with Crippen LogP contribution in [0, 0.1) is 0 Å². The molecule has 4 heterocycles. The van der Waals surface area contributed by atoms with Gasteiger partial charge in [0.15, 0.2) is 11.5 Å². The lowest BCUT2D eigenvalue weighted by molar-refractivity contribution is -1.07. The first kappa shape index (κ1) is 34.0. The van der Waals surface area contributed by atoms with E-state index < -0.39 is 55.7 Å². The number of fused-ring (bicyclic) bond motifs is 2. The minimum Gasteiger partial charge on any atom is -0.508 e. The Morgan fingerprint density at radius 1 is 1.06 bits per heavy atom. The van der Waals surface area contributed by atoms with Gasteiger partial charge in [-0.15, -0.1) is 0 Å². The number of benzene rings is 2. The molecule has 0 amide bonds. The number of ether oxygens (including phenoxy) is 3. The summed E-state index contributed by atoms with van der Waals surface area (Å²) in [7, 11) is 0. The summed E-state index contributed by atoms with van der Waals surface area (Å²) >= 11 is 0. The summed E-state index contributed by atoms with van der Waals surface area (Å²) in [5.74, 6) is -2.20. The number of phenols is 1. The van der Waals surface area contributed by atoms with Crippen LogP contribution in [-0.2, 0) is 23.9 Å². The third-order valence-electron chi connectivity index (χ3n) is 8.63. The molecule has 3 aliphatic heterocycles. The SMILES string of the molecule is CCCCCC1C2=NC=CC2=C[NH+]1O[C@@H]1[C@@H](Oc2ccc3c(=O)c(-c4ccc(O)cc4)coc3c2)O[C@@H](COC(=O)CC(=O)O)[C@H](O)[C@H]1O. The highest BCUT2D eigenvalue weighted by Gasteiger charge is 2.51. The van der Waals surface area contributed by atoms with Crippen molar-refractivity contribution in [1.82, 2.24) is 0 Å². The van der Waals surface area contributed by atoms with Gasteiger partial charge in [0.1, 0.15) is 66.6 Å². The van der Waals surface area contributed by atoms with E-state index >= 15 is 0 Å². The Morgan fingerprint density at radius 3 is 2.61 bits per heavy atom. The number of carbonyl (C=O) groups is 2. The standard InChI is InChI=1S/C35H36N2O12/c1-2-3-4-5-25-30-20(12-13-36-30)16-37(25)49-34-33(44)32(43)27(18-46-29(41)15-28(39)40)48-35(34)47-22-10-11-23-26(14-22)45-17-24(31(23)42)19-6-8-21(38)9-7-19/h6-14,16-17,25,27,32-35,38,43-44H,2-5,15,18H2,1H3,(H,39,40)/p+1/t25?,27-,32-,33+,34-,35-/m0/s1. The number of nitrogens with zero attached hydrogens (tertiary/aromatic N) is 1. The second-order valence-corrected chi connectivity index (χ2v) is 12.0. The molecular weight excluding hydrogens is 640 g/mol. The zero-order valence-corrected chi connectivity index (χ0v) is 26.6. The van der Waals surface area contributed by atoms with Crippen LogP contribution in [0.2, 0.25) is 0 Å². The summed E-state index contributed by atoms with van der Waals surface area (Å²) in [6.45, 7) is 1.54. The lowest BCUT2D eigenvalue weighted by Crippen LogP contribution is -3.11. The summed E-state index contributed by atoms with van der Waals surface area (Å²) in [4.78, 5) is 47.1. The lowest BCUT2D eigenvalue weighted by atomic mass is 9.99. The molecule has 14 nitrogen and oxygen atoms in total. The van der Waals surface area contributed by atoms with Crippen molar-refractivity contribution in [2.45, 2.75) is 75.8 Å². The molecule has 0 spiro atoms. The Morgan fingerprint density at radius 2 is 1.86 bits per heavy atom. The monoisotopic (exact) mass is 677 g/mol. The van der Waals surface area contributed by atoms with Crippen LogP contribution in [0.3, 0.4) is 0 Å².